The molecule has 4 nitrogen and oxygen atoms in total. The van der Waals surface area contributed by atoms with Crippen LogP contribution in [0.2, 0.25) is 0 Å². The Morgan fingerprint density at radius 3 is 2.46 bits per heavy atom. The Hall–Kier alpha value is -3.14. The Morgan fingerprint density at radius 2 is 1.85 bits per heavy atom. The summed E-state index contributed by atoms with van der Waals surface area (Å²) in [5, 5.41) is -0.287. The number of alkyl halides is 3. The van der Waals surface area contributed by atoms with Gasteiger partial charge < -0.3 is 4.74 Å². The van der Waals surface area contributed by atoms with Crippen molar-refractivity contribution in [3.63, 3.8) is 0 Å². The highest BCUT2D eigenvalue weighted by Crippen LogP contribution is 2.39. The molecule has 0 fully saturated rings. The van der Waals surface area contributed by atoms with Gasteiger partial charge in [0.2, 0.25) is 5.88 Å². The number of aromatic nitrogens is 3. The Kier molecular flexibility index (Phi) is 4.76. The van der Waals surface area contributed by atoms with Gasteiger partial charge in [0.15, 0.2) is 12.3 Å². The molecule has 7 heteroatoms. The molecular formula is C19H14F3N3O. The van der Waals surface area contributed by atoms with Crippen molar-refractivity contribution in [3.05, 3.63) is 47.8 Å². The molecule has 3 rings (SSSR count). The zero-order valence-corrected chi connectivity index (χ0v) is 13.8. The topological polar surface area (TPSA) is 47.9 Å². The number of ether oxygens (including phenoxy) is 1. The first kappa shape index (κ1) is 17.7. The number of hydrogen-bond donors (Lipinski definition) is 0. The standard InChI is InChI=1S/C19H14F3N3O/c1-3-10-26-18-16-13(19(20,21)22)11-14(12-8-6-5-7-9-12)23-17(16)24-15(4-2)25-18/h1,5-9,11H,4,10H2,2H3. The van der Waals surface area contributed by atoms with E-state index in [9.17, 15) is 13.2 Å². The number of rotatable bonds is 4. The van der Waals surface area contributed by atoms with Crippen LogP contribution < -0.4 is 4.74 Å². The van der Waals surface area contributed by atoms with Crippen molar-refractivity contribution < 1.29 is 17.9 Å². The van der Waals surface area contributed by atoms with Crippen molar-refractivity contribution in [2.24, 2.45) is 0 Å². The molecule has 2 heterocycles. The normalized spacial score (nSPS) is 11.3. The minimum Gasteiger partial charge on any atom is -0.464 e. The van der Waals surface area contributed by atoms with E-state index < -0.39 is 11.7 Å². The van der Waals surface area contributed by atoms with Crippen molar-refractivity contribution >= 4 is 11.0 Å². The van der Waals surface area contributed by atoms with Crippen LogP contribution in [0.25, 0.3) is 22.3 Å². The molecule has 132 valence electrons. The molecule has 0 radical (unpaired) electrons. The van der Waals surface area contributed by atoms with Crippen LogP contribution in [0.3, 0.4) is 0 Å². The number of hydrogen-bond acceptors (Lipinski definition) is 4. The largest absolute Gasteiger partial charge is 0.464 e. The lowest BCUT2D eigenvalue weighted by Gasteiger charge is -2.15. The third-order valence-electron chi connectivity index (χ3n) is 3.66. The van der Waals surface area contributed by atoms with Gasteiger partial charge in [0, 0.05) is 12.0 Å². The van der Waals surface area contributed by atoms with Crippen molar-refractivity contribution in [1.29, 1.82) is 0 Å². The molecule has 0 bridgehead atoms. The van der Waals surface area contributed by atoms with Gasteiger partial charge in [0.25, 0.3) is 0 Å². The average molecular weight is 357 g/mol. The monoisotopic (exact) mass is 357 g/mol. The predicted molar refractivity (Wildman–Crippen MR) is 91.5 cm³/mol. The van der Waals surface area contributed by atoms with E-state index >= 15 is 0 Å². The second-order valence-electron chi connectivity index (χ2n) is 5.41. The lowest BCUT2D eigenvalue weighted by Crippen LogP contribution is -2.11. The number of pyridine rings is 1. The van der Waals surface area contributed by atoms with Crippen molar-refractivity contribution in [1.82, 2.24) is 15.0 Å². The minimum atomic E-state index is -4.63. The molecular weight excluding hydrogens is 343 g/mol. The molecule has 0 spiro atoms. The summed E-state index contributed by atoms with van der Waals surface area (Å²) < 4.78 is 46.4. The molecule has 0 aliphatic carbocycles. The van der Waals surface area contributed by atoms with Gasteiger partial charge in [-0.1, -0.05) is 43.2 Å². The number of nitrogens with zero attached hydrogens (tertiary/aromatic N) is 3. The molecule has 0 atom stereocenters. The zero-order valence-electron chi connectivity index (χ0n) is 13.8. The first-order chi connectivity index (χ1) is 12.4. The summed E-state index contributed by atoms with van der Waals surface area (Å²) in [4.78, 5) is 12.5. The second-order valence-corrected chi connectivity index (χ2v) is 5.41. The van der Waals surface area contributed by atoms with Gasteiger partial charge >= 0.3 is 6.18 Å². The highest BCUT2D eigenvalue weighted by atomic mass is 19.4. The Labute approximate surface area is 148 Å². The summed E-state index contributed by atoms with van der Waals surface area (Å²) in [6, 6.07) is 9.59. The first-order valence-corrected chi connectivity index (χ1v) is 7.84. The molecule has 1 aromatic carbocycles. The molecule has 0 aliphatic rings. The van der Waals surface area contributed by atoms with Crippen LogP contribution in [-0.4, -0.2) is 21.6 Å². The van der Waals surface area contributed by atoms with E-state index in [0.717, 1.165) is 6.07 Å². The van der Waals surface area contributed by atoms with Gasteiger partial charge in [-0.2, -0.15) is 18.2 Å². The summed E-state index contributed by atoms with van der Waals surface area (Å²) in [6.07, 6.45) is 0.947. The second kappa shape index (κ2) is 7.00. The minimum absolute atomic E-state index is 0.0717. The van der Waals surface area contributed by atoms with E-state index in [4.69, 9.17) is 11.2 Å². The summed E-state index contributed by atoms with van der Waals surface area (Å²) in [5.74, 6) is 2.35. The molecule has 0 aliphatic heterocycles. The fraction of sp³-hybridized carbons (Fsp3) is 0.211. The molecule has 0 saturated heterocycles. The van der Waals surface area contributed by atoms with E-state index in [1.807, 2.05) is 0 Å². The summed E-state index contributed by atoms with van der Waals surface area (Å²) >= 11 is 0. The molecule has 0 N–H and O–H groups in total. The van der Waals surface area contributed by atoms with Crippen LogP contribution in [0, 0.1) is 12.3 Å². The number of terminal acetylenes is 1. The molecule has 0 amide bonds. The van der Waals surface area contributed by atoms with Gasteiger partial charge in [-0.05, 0) is 6.07 Å². The molecule has 3 aromatic rings. The fourth-order valence-electron chi connectivity index (χ4n) is 2.50. The lowest BCUT2D eigenvalue weighted by molar-refractivity contribution is -0.136. The summed E-state index contributed by atoms with van der Waals surface area (Å²) in [7, 11) is 0. The maximum absolute atomic E-state index is 13.7. The first-order valence-electron chi connectivity index (χ1n) is 7.84. The van der Waals surface area contributed by atoms with Crippen LogP contribution in [0.1, 0.15) is 18.3 Å². The molecule has 26 heavy (non-hydrogen) atoms. The van der Waals surface area contributed by atoms with E-state index in [-0.39, 0.29) is 29.2 Å². The SMILES string of the molecule is C#CCOc1nc(CC)nc2nc(-c3ccccc3)cc(C(F)(F)F)c12. The number of aryl methyl sites for hydroxylation is 1. The van der Waals surface area contributed by atoms with Gasteiger partial charge in [-0.15, -0.1) is 6.42 Å². The molecule has 0 unspecified atom stereocenters. The van der Waals surface area contributed by atoms with Gasteiger partial charge in [0.05, 0.1) is 16.6 Å². The quantitative estimate of drug-likeness (QED) is 0.654. The zero-order chi connectivity index (χ0) is 18.7. The number of fused-ring (bicyclic) bond motifs is 1. The van der Waals surface area contributed by atoms with Gasteiger partial charge in [0.1, 0.15) is 5.82 Å². The maximum Gasteiger partial charge on any atom is 0.417 e. The predicted octanol–water partition coefficient (Wildman–Crippen LogP) is 4.29. The Morgan fingerprint density at radius 1 is 1.12 bits per heavy atom. The van der Waals surface area contributed by atoms with Crippen LogP contribution in [0.4, 0.5) is 13.2 Å². The van der Waals surface area contributed by atoms with E-state index in [0.29, 0.717) is 17.8 Å². The number of halogens is 3. The van der Waals surface area contributed by atoms with Gasteiger partial charge in [-0.25, -0.2) is 9.97 Å². The van der Waals surface area contributed by atoms with Gasteiger partial charge in [-0.3, -0.25) is 0 Å². The van der Waals surface area contributed by atoms with Crippen LogP contribution in [0.5, 0.6) is 5.88 Å². The Bertz CT molecular complexity index is 979. The van der Waals surface area contributed by atoms with Crippen LogP contribution >= 0.6 is 0 Å². The number of benzene rings is 1. The lowest BCUT2D eigenvalue weighted by atomic mass is 10.1. The van der Waals surface area contributed by atoms with Crippen molar-refractivity contribution in [2.75, 3.05) is 6.61 Å². The Balaban J connectivity index is 2.35. The van der Waals surface area contributed by atoms with Crippen molar-refractivity contribution in [2.45, 2.75) is 19.5 Å². The average Bonchev–Trinajstić information content (AvgIpc) is 2.64. The van der Waals surface area contributed by atoms with Crippen molar-refractivity contribution in [3.8, 4) is 29.5 Å². The van der Waals surface area contributed by atoms with Crippen LogP contribution in [0.15, 0.2) is 36.4 Å². The van der Waals surface area contributed by atoms with E-state index in [1.165, 1.54) is 0 Å². The van der Waals surface area contributed by atoms with E-state index in [1.54, 1.807) is 37.3 Å². The fourth-order valence-corrected chi connectivity index (χ4v) is 2.50. The maximum atomic E-state index is 13.7. The third kappa shape index (κ3) is 3.45. The summed E-state index contributed by atoms with van der Waals surface area (Å²) in [6.45, 7) is 1.59. The summed E-state index contributed by atoms with van der Waals surface area (Å²) in [5.41, 5.74) is -0.245. The third-order valence-corrected chi connectivity index (χ3v) is 3.66. The highest BCUT2D eigenvalue weighted by molar-refractivity contribution is 5.87. The highest BCUT2D eigenvalue weighted by Gasteiger charge is 2.36. The van der Waals surface area contributed by atoms with Crippen LogP contribution in [-0.2, 0) is 12.6 Å². The molecule has 2 aromatic heterocycles. The smallest absolute Gasteiger partial charge is 0.417 e. The molecule has 0 saturated carbocycles. The van der Waals surface area contributed by atoms with E-state index in [2.05, 4.69) is 20.9 Å².